The monoisotopic (exact) mass is 235 g/mol. The predicted molar refractivity (Wildman–Crippen MR) is 63.8 cm³/mol. The van der Waals surface area contributed by atoms with Gasteiger partial charge < -0.3 is 0 Å². The van der Waals surface area contributed by atoms with Gasteiger partial charge in [0.05, 0.1) is 6.20 Å². The van der Waals surface area contributed by atoms with Gasteiger partial charge >= 0.3 is 0 Å². The highest BCUT2D eigenvalue weighted by Crippen LogP contribution is 2.44. The van der Waals surface area contributed by atoms with Crippen molar-refractivity contribution in [2.24, 2.45) is 5.92 Å². The fourth-order valence-corrected chi connectivity index (χ4v) is 2.61. The van der Waals surface area contributed by atoms with Crippen LogP contribution in [0.4, 0.5) is 0 Å². The molecule has 1 saturated carbocycles. The minimum atomic E-state index is 0.567. The molecule has 1 fully saturated rings. The Bertz CT molecular complexity index is 516. The van der Waals surface area contributed by atoms with Crippen LogP contribution >= 0.6 is 11.6 Å². The number of hydrogen-bond acceptors (Lipinski definition) is 2. The first kappa shape index (κ1) is 10.1. The fourth-order valence-electron chi connectivity index (χ4n) is 2.37. The summed E-state index contributed by atoms with van der Waals surface area (Å²) in [6.45, 7) is 2.22. The second kappa shape index (κ2) is 3.74. The molecule has 3 nitrogen and oxygen atoms in total. The third kappa shape index (κ3) is 1.59. The van der Waals surface area contributed by atoms with E-state index in [0.717, 1.165) is 23.7 Å². The van der Waals surface area contributed by atoms with Gasteiger partial charge in [-0.3, -0.25) is 0 Å². The number of fused-ring (bicyclic) bond motifs is 1. The first-order valence-corrected chi connectivity index (χ1v) is 6.17. The fraction of sp³-hybridized carbons (Fsp3) is 0.500. The Morgan fingerprint density at radius 3 is 3.06 bits per heavy atom. The Balaban J connectivity index is 2.08. The Labute approximate surface area is 99.4 Å². The van der Waals surface area contributed by atoms with E-state index in [1.54, 1.807) is 10.7 Å². The van der Waals surface area contributed by atoms with Crippen molar-refractivity contribution in [3.05, 3.63) is 29.2 Å². The molecule has 0 bridgehead atoms. The lowest BCUT2D eigenvalue weighted by atomic mass is 9.96. The van der Waals surface area contributed by atoms with Crippen LogP contribution in [-0.2, 0) is 0 Å². The molecule has 2 heterocycles. The van der Waals surface area contributed by atoms with Gasteiger partial charge in [-0.15, -0.1) is 0 Å². The first-order valence-electron chi connectivity index (χ1n) is 5.79. The third-order valence-electron chi connectivity index (χ3n) is 3.35. The van der Waals surface area contributed by atoms with Crippen LogP contribution in [0.3, 0.4) is 0 Å². The molecule has 16 heavy (non-hydrogen) atoms. The highest BCUT2D eigenvalue weighted by atomic mass is 35.5. The molecule has 1 aliphatic rings. The lowest BCUT2D eigenvalue weighted by Crippen LogP contribution is -2.05. The van der Waals surface area contributed by atoms with Crippen LogP contribution < -0.4 is 0 Å². The van der Waals surface area contributed by atoms with Gasteiger partial charge in [0.2, 0.25) is 0 Å². The molecule has 0 aromatic carbocycles. The summed E-state index contributed by atoms with van der Waals surface area (Å²) in [4.78, 5) is 4.64. The lowest BCUT2D eigenvalue weighted by Gasteiger charge is -2.13. The Hall–Kier alpha value is -1.09. The van der Waals surface area contributed by atoms with Gasteiger partial charge in [0.1, 0.15) is 5.15 Å². The van der Waals surface area contributed by atoms with Gasteiger partial charge in [0.15, 0.2) is 5.65 Å². The summed E-state index contributed by atoms with van der Waals surface area (Å²) in [5, 5.41) is 4.78. The van der Waals surface area contributed by atoms with Crippen molar-refractivity contribution in [3.63, 3.8) is 0 Å². The highest BCUT2D eigenvalue weighted by molar-refractivity contribution is 6.29. The van der Waals surface area contributed by atoms with Crippen LogP contribution in [0, 0.1) is 5.92 Å². The van der Waals surface area contributed by atoms with Crippen molar-refractivity contribution in [3.8, 4) is 0 Å². The Morgan fingerprint density at radius 2 is 2.38 bits per heavy atom. The van der Waals surface area contributed by atoms with E-state index < -0.39 is 0 Å². The molecule has 84 valence electrons. The summed E-state index contributed by atoms with van der Waals surface area (Å²) in [7, 11) is 0. The van der Waals surface area contributed by atoms with E-state index in [0.29, 0.717) is 11.1 Å². The second-order valence-corrected chi connectivity index (χ2v) is 4.84. The highest BCUT2D eigenvalue weighted by Gasteiger charge is 2.32. The molecule has 1 aliphatic carbocycles. The van der Waals surface area contributed by atoms with Gasteiger partial charge in [0.25, 0.3) is 0 Å². The van der Waals surface area contributed by atoms with Crippen molar-refractivity contribution < 1.29 is 0 Å². The molecule has 0 aliphatic heterocycles. The molecular formula is C12H14ClN3. The van der Waals surface area contributed by atoms with Gasteiger partial charge in [-0.2, -0.15) is 5.10 Å². The van der Waals surface area contributed by atoms with Gasteiger partial charge in [-0.1, -0.05) is 18.5 Å². The first-order chi connectivity index (χ1) is 7.79. The molecule has 2 aromatic rings. The largest absolute Gasteiger partial charge is 0.233 e. The molecule has 1 atom stereocenters. The number of rotatable bonds is 3. The summed E-state index contributed by atoms with van der Waals surface area (Å²) in [6, 6.07) is 3.86. The summed E-state index contributed by atoms with van der Waals surface area (Å²) < 4.78 is 1.67. The zero-order valence-electron chi connectivity index (χ0n) is 9.23. The van der Waals surface area contributed by atoms with E-state index >= 15 is 0 Å². The quantitative estimate of drug-likeness (QED) is 0.765. The molecular weight excluding hydrogens is 222 g/mol. The van der Waals surface area contributed by atoms with Crippen LogP contribution in [0.5, 0.6) is 0 Å². The van der Waals surface area contributed by atoms with E-state index in [1.807, 2.05) is 12.1 Å². The predicted octanol–water partition coefficient (Wildman–Crippen LogP) is 3.29. The smallest absolute Gasteiger partial charge is 0.156 e. The standard InChI is InChI=1S/C12H14ClN3/c1-2-9(8-3-4-8)10-7-11(13)16-12(15-10)5-6-14-16/h5-9H,2-4H2,1H3. The molecule has 0 spiro atoms. The molecule has 0 saturated heterocycles. The summed E-state index contributed by atoms with van der Waals surface area (Å²) in [5.41, 5.74) is 1.98. The van der Waals surface area contributed by atoms with E-state index in [4.69, 9.17) is 11.6 Å². The topological polar surface area (TPSA) is 30.2 Å². The molecule has 0 radical (unpaired) electrons. The summed E-state index contributed by atoms with van der Waals surface area (Å²) >= 11 is 6.19. The van der Waals surface area contributed by atoms with Crippen LogP contribution in [-0.4, -0.2) is 14.6 Å². The number of aromatic nitrogens is 3. The van der Waals surface area contributed by atoms with Crippen molar-refractivity contribution in [1.82, 2.24) is 14.6 Å². The normalized spacial score (nSPS) is 17.9. The molecule has 1 unspecified atom stereocenters. The number of nitrogens with zero attached hydrogens (tertiary/aromatic N) is 3. The van der Waals surface area contributed by atoms with E-state index in [1.165, 1.54) is 12.8 Å². The minimum absolute atomic E-state index is 0.567. The third-order valence-corrected chi connectivity index (χ3v) is 3.62. The van der Waals surface area contributed by atoms with Crippen molar-refractivity contribution in [1.29, 1.82) is 0 Å². The number of halogens is 1. The maximum Gasteiger partial charge on any atom is 0.156 e. The van der Waals surface area contributed by atoms with Crippen molar-refractivity contribution >= 4 is 17.2 Å². The zero-order valence-corrected chi connectivity index (χ0v) is 9.98. The molecule has 0 N–H and O–H groups in total. The summed E-state index contributed by atoms with van der Waals surface area (Å²) in [6.07, 6.45) is 5.54. The second-order valence-electron chi connectivity index (χ2n) is 4.46. The minimum Gasteiger partial charge on any atom is -0.233 e. The van der Waals surface area contributed by atoms with Crippen LogP contribution in [0.25, 0.3) is 5.65 Å². The van der Waals surface area contributed by atoms with Crippen molar-refractivity contribution in [2.75, 3.05) is 0 Å². The molecule has 3 rings (SSSR count). The van der Waals surface area contributed by atoms with Gasteiger partial charge in [0, 0.05) is 17.7 Å². The van der Waals surface area contributed by atoms with Crippen LogP contribution in [0.15, 0.2) is 18.3 Å². The van der Waals surface area contributed by atoms with E-state index in [9.17, 15) is 0 Å². The Morgan fingerprint density at radius 1 is 1.56 bits per heavy atom. The summed E-state index contributed by atoms with van der Waals surface area (Å²) in [5.74, 6) is 1.39. The average molecular weight is 236 g/mol. The molecule has 0 amide bonds. The van der Waals surface area contributed by atoms with Gasteiger partial charge in [-0.25, -0.2) is 9.50 Å². The SMILES string of the molecule is CCC(c1cc(Cl)n2nccc2n1)C1CC1. The van der Waals surface area contributed by atoms with Crippen molar-refractivity contribution in [2.45, 2.75) is 32.1 Å². The zero-order chi connectivity index (χ0) is 11.1. The van der Waals surface area contributed by atoms with Crippen LogP contribution in [0.2, 0.25) is 5.15 Å². The molecule has 4 heteroatoms. The maximum absolute atomic E-state index is 6.19. The lowest BCUT2D eigenvalue weighted by molar-refractivity contribution is 0.570. The van der Waals surface area contributed by atoms with Gasteiger partial charge in [-0.05, 0) is 31.2 Å². The number of hydrogen-bond donors (Lipinski definition) is 0. The Kier molecular flexibility index (Phi) is 2.36. The van der Waals surface area contributed by atoms with E-state index in [2.05, 4.69) is 17.0 Å². The average Bonchev–Trinajstić information content (AvgIpc) is 2.96. The van der Waals surface area contributed by atoms with E-state index in [-0.39, 0.29) is 0 Å². The molecule has 2 aromatic heterocycles. The van der Waals surface area contributed by atoms with Crippen LogP contribution in [0.1, 0.15) is 37.8 Å². The maximum atomic E-state index is 6.19.